The van der Waals surface area contributed by atoms with Gasteiger partial charge in [-0.25, -0.2) is 9.97 Å². The average Bonchev–Trinajstić information content (AvgIpc) is 2.54. The van der Waals surface area contributed by atoms with E-state index in [2.05, 4.69) is 20.3 Å². The molecule has 1 fully saturated rings. The van der Waals surface area contributed by atoms with Gasteiger partial charge in [0.25, 0.3) is 0 Å². The number of hydrogen-bond donors (Lipinski definition) is 2. The Labute approximate surface area is 119 Å². The number of anilines is 1. The molecule has 0 spiro atoms. The zero-order valence-electron chi connectivity index (χ0n) is 11.7. The minimum Gasteiger partial charge on any atom is -0.369 e. The van der Waals surface area contributed by atoms with Gasteiger partial charge in [0.2, 0.25) is 0 Å². The Morgan fingerprint density at radius 2 is 1.90 bits per heavy atom. The highest BCUT2D eigenvalue weighted by molar-refractivity contribution is 5.71. The van der Waals surface area contributed by atoms with E-state index in [0.29, 0.717) is 5.65 Å². The van der Waals surface area contributed by atoms with Gasteiger partial charge in [-0.3, -0.25) is 4.98 Å². The molecule has 0 atom stereocenters. The van der Waals surface area contributed by atoms with Crippen molar-refractivity contribution < 1.29 is 0 Å². The van der Waals surface area contributed by atoms with Crippen LogP contribution in [0.5, 0.6) is 0 Å². The van der Waals surface area contributed by atoms with E-state index in [0.717, 1.165) is 24.4 Å². The summed E-state index contributed by atoms with van der Waals surface area (Å²) in [5.74, 6) is 0.858. The molecular weight excluding hydrogens is 250 g/mol. The normalized spacial score (nSPS) is 18.1. The molecule has 5 nitrogen and oxygen atoms in total. The van der Waals surface area contributed by atoms with Crippen molar-refractivity contribution >= 4 is 17.0 Å². The number of fused-ring (bicyclic) bond motifs is 1. The smallest absolute Gasteiger partial charge is 0.180 e. The summed E-state index contributed by atoms with van der Waals surface area (Å²) in [6.45, 7) is 1.63. The molecule has 106 valence electrons. The van der Waals surface area contributed by atoms with Gasteiger partial charge in [0, 0.05) is 18.9 Å². The first-order chi connectivity index (χ1) is 9.81. The largest absolute Gasteiger partial charge is 0.369 e. The van der Waals surface area contributed by atoms with Crippen molar-refractivity contribution in [2.45, 2.75) is 32.1 Å². The molecule has 3 N–H and O–H groups in total. The van der Waals surface area contributed by atoms with E-state index in [9.17, 15) is 0 Å². The predicted molar refractivity (Wildman–Crippen MR) is 80.4 cm³/mol. The third-order valence-electron chi connectivity index (χ3n) is 4.32. The zero-order valence-corrected chi connectivity index (χ0v) is 11.7. The van der Waals surface area contributed by atoms with Crippen molar-refractivity contribution in [3.05, 3.63) is 24.5 Å². The minimum atomic E-state index is 0.233. The molecule has 0 saturated heterocycles. The molecule has 20 heavy (non-hydrogen) atoms. The fourth-order valence-corrected chi connectivity index (χ4v) is 2.99. The molecule has 0 aromatic carbocycles. The molecule has 0 aliphatic heterocycles. The van der Waals surface area contributed by atoms with Gasteiger partial charge in [0.05, 0.1) is 0 Å². The van der Waals surface area contributed by atoms with E-state index in [1.807, 2.05) is 12.1 Å². The first-order valence-electron chi connectivity index (χ1n) is 7.33. The van der Waals surface area contributed by atoms with E-state index in [1.165, 1.54) is 32.1 Å². The fraction of sp³-hybridized carbons (Fsp3) is 0.533. The summed E-state index contributed by atoms with van der Waals surface area (Å²) in [5, 5.41) is 3.44. The van der Waals surface area contributed by atoms with Gasteiger partial charge in [0.15, 0.2) is 5.65 Å². The minimum absolute atomic E-state index is 0.233. The zero-order chi connectivity index (χ0) is 13.8. The Balaban J connectivity index is 1.72. The summed E-state index contributed by atoms with van der Waals surface area (Å²) in [6.07, 6.45) is 9.69. The number of rotatable bonds is 4. The third kappa shape index (κ3) is 2.72. The van der Waals surface area contributed by atoms with Crippen molar-refractivity contribution in [2.75, 3.05) is 18.4 Å². The lowest BCUT2D eigenvalue weighted by atomic mass is 9.74. The van der Waals surface area contributed by atoms with E-state index in [4.69, 9.17) is 5.73 Å². The molecule has 3 rings (SSSR count). The Morgan fingerprint density at radius 3 is 2.70 bits per heavy atom. The number of nitrogens with two attached hydrogens (primary N) is 1. The van der Waals surface area contributed by atoms with Crippen LogP contribution in [-0.2, 0) is 0 Å². The van der Waals surface area contributed by atoms with Crippen LogP contribution in [-0.4, -0.2) is 28.0 Å². The first-order valence-corrected chi connectivity index (χ1v) is 7.33. The number of aromatic nitrogens is 3. The summed E-state index contributed by atoms with van der Waals surface area (Å²) in [5.41, 5.74) is 7.75. The second-order valence-electron chi connectivity index (χ2n) is 5.71. The molecule has 0 amide bonds. The lowest BCUT2D eigenvalue weighted by Gasteiger charge is -2.36. The van der Waals surface area contributed by atoms with Gasteiger partial charge in [-0.15, -0.1) is 0 Å². The first kappa shape index (κ1) is 13.2. The van der Waals surface area contributed by atoms with Crippen LogP contribution in [0, 0.1) is 5.41 Å². The second-order valence-corrected chi connectivity index (χ2v) is 5.71. The van der Waals surface area contributed by atoms with Crippen molar-refractivity contribution in [1.29, 1.82) is 0 Å². The molecule has 5 heteroatoms. The topological polar surface area (TPSA) is 76.7 Å². The predicted octanol–water partition coefficient (Wildman–Crippen LogP) is 2.35. The Kier molecular flexibility index (Phi) is 3.78. The molecule has 0 unspecified atom stereocenters. The van der Waals surface area contributed by atoms with Crippen molar-refractivity contribution in [1.82, 2.24) is 15.0 Å². The van der Waals surface area contributed by atoms with E-state index in [1.54, 1.807) is 12.4 Å². The van der Waals surface area contributed by atoms with Crippen LogP contribution < -0.4 is 11.1 Å². The van der Waals surface area contributed by atoms with E-state index >= 15 is 0 Å². The van der Waals surface area contributed by atoms with Crippen LogP contribution >= 0.6 is 0 Å². The Bertz CT molecular complexity index is 577. The summed E-state index contributed by atoms with van der Waals surface area (Å²) in [4.78, 5) is 13.0. The lowest BCUT2D eigenvalue weighted by Crippen LogP contribution is -2.39. The van der Waals surface area contributed by atoms with Crippen LogP contribution in [0.4, 0.5) is 5.82 Å². The number of nitrogens with one attached hydrogen (secondary N) is 1. The van der Waals surface area contributed by atoms with Gasteiger partial charge in [0.1, 0.15) is 11.3 Å². The quantitative estimate of drug-likeness (QED) is 0.892. The lowest BCUT2D eigenvalue weighted by molar-refractivity contribution is 0.215. The summed E-state index contributed by atoms with van der Waals surface area (Å²) in [7, 11) is 0. The molecule has 2 heterocycles. The molecule has 0 radical (unpaired) electrons. The van der Waals surface area contributed by atoms with Crippen LogP contribution in [0.3, 0.4) is 0 Å². The number of hydrogen-bond acceptors (Lipinski definition) is 5. The molecular formula is C15H21N5. The Morgan fingerprint density at radius 1 is 1.10 bits per heavy atom. The molecule has 1 saturated carbocycles. The van der Waals surface area contributed by atoms with Crippen LogP contribution in [0.25, 0.3) is 11.2 Å². The van der Waals surface area contributed by atoms with Gasteiger partial charge in [-0.2, -0.15) is 0 Å². The van der Waals surface area contributed by atoms with Crippen molar-refractivity contribution in [3.63, 3.8) is 0 Å². The summed E-state index contributed by atoms with van der Waals surface area (Å²) in [6, 6.07) is 3.91. The maximum absolute atomic E-state index is 6.01. The Hall–Kier alpha value is -1.75. The average molecular weight is 271 g/mol. The standard InChI is InChI=1S/C15H21N5/c16-10-15(6-2-1-3-7-15)11-19-13-5-4-12-14(20-13)18-9-8-17-12/h4-5,8-9H,1-3,6-7,10-11,16H2,(H,18,19,20). The number of pyridine rings is 1. The van der Waals surface area contributed by atoms with Crippen molar-refractivity contribution in [2.24, 2.45) is 11.1 Å². The fourth-order valence-electron chi connectivity index (χ4n) is 2.99. The monoisotopic (exact) mass is 271 g/mol. The maximum Gasteiger partial charge on any atom is 0.180 e. The number of nitrogens with zero attached hydrogens (tertiary/aromatic N) is 3. The van der Waals surface area contributed by atoms with Gasteiger partial charge in [-0.1, -0.05) is 19.3 Å². The molecule has 0 bridgehead atoms. The van der Waals surface area contributed by atoms with Gasteiger partial charge in [-0.05, 0) is 36.9 Å². The molecule has 1 aliphatic rings. The molecule has 1 aliphatic carbocycles. The van der Waals surface area contributed by atoms with Crippen LogP contribution in [0.1, 0.15) is 32.1 Å². The molecule has 2 aromatic rings. The maximum atomic E-state index is 6.01. The molecule has 2 aromatic heterocycles. The summed E-state index contributed by atoms with van der Waals surface area (Å²) >= 11 is 0. The van der Waals surface area contributed by atoms with Crippen LogP contribution in [0.2, 0.25) is 0 Å². The SMILES string of the molecule is NCC1(CNc2ccc3nccnc3n2)CCCCC1. The highest BCUT2D eigenvalue weighted by atomic mass is 15.0. The second kappa shape index (κ2) is 5.71. The highest BCUT2D eigenvalue weighted by Gasteiger charge is 2.30. The third-order valence-corrected chi connectivity index (χ3v) is 4.32. The van der Waals surface area contributed by atoms with E-state index in [-0.39, 0.29) is 5.41 Å². The van der Waals surface area contributed by atoms with Crippen LogP contribution in [0.15, 0.2) is 24.5 Å². The van der Waals surface area contributed by atoms with Crippen molar-refractivity contribution in [3.8, 4) is 0 Å². The van der Waals surface area contributed by atoms with E-state index < -0.39 is 0 Å². The summed E-state index contributed by atoms with van der Waals surface area (Å²) < 4.78 is 0. The van der Waals surface area contributed by atoms with Gasteiger partial charge < -0.3 is 11.1 Å². The van der Waals surface area contributed by atoms with Gasteiger partial charge >= 0.3 is 0 Å². The highest BCUT2D eigenvalue weighted by Crippen LogP contribution is 2.35.